The third-order valence-corrected chi connectivity index (χ3v) is 5.76. The fraction of sp³-hybridized carbons (Fsp3) is 0.120. The van der Waals surface area contributed by atoms with Gasteiger partial charge in [-0.05, 0) is 85.0 Å². The van der Waals surface area contributed by atoms with Crippen LogP contribution in [0.4, 0.5) is 5.69 Å². The monoisotopic (exact) mass is 442 g/mol. The van der Waals surface area contributed by atoms with Gasteiger partial charge in [-0.2, -0.15) is 0 Å². The zero-order valence-electron chi connectivity index (χ0n) is 17.4. The molecule has 160 valence electrons. The second kappa shape index (κ2) is 8.72. The minimum absolute atomic E-state index is 0.0549. The average molecular weight is 443 g/mol. The summed E-state index contributed by atoms with van der Waals surface area (Å²) in [6.07, 6.45) is 3.73. The van der Waals surface area contributed by atoms with Crippen molar-refractivity contribution in [3.05, 3.63) is 103 Å². The van der Waals surface area contributed by atoms with E-state index >= 15 is 0 Å². The number of nitrogens with one attached hydrogen (secondary N) is 2. The highest BCUT2D eigenvalue weighted by atomic mass is 32.1. The van der Waals surface area contributed by atoms with Crippen molar-refractivity contribution in [1.82, 2.24) is 15.3 Å². The highest BCUT2D eigenvalue weighted by Gasteiger charge is 2.41. The first-order valence-corrected chi connectivity index (χ1v) is 10.7. The molecule has 1 saturated heterocycles. The molecule has 6 nitrogen and oxygen atoms in total. The van der Waals surface area contributed by atoms with Crippen molar-refractivity contribution in [1.29, 1.82) is 0 Å². The number of hydrogen-bond acceptors (Lipinski definition) is 4. The van der Waals surface area contributed by atoms with Crippen LogP contribution in [0.3, 0.4) is 0 Å². The van der Waals surface area contributed by atoms with Gasteiger partial charge in [-0.1, -0.05) is 6.07 Å². The molecule has 0 bridgehead atoms. The average Bonchev–Trinajstić information content (AvgIpc) is 3.48. The van der Waals surface area contributed by atoms with Gasteiger partial charge in [0, 0.05) is 23.8 Å². The van der Waals surface area contributed by atoms with Crippen molar-refractivity contribution < 1.29 is 9.47 Å². The van der Waals surface area contributed by atoms with E-state index in [0.29, 0.717) is 5.11 Å². The molecule has 2 aromatic heterocycles. The molecule has 7 heteroatoms. The number of hydrogen-bond donors (Lipinski definition) is 2. The number of aromatic amines is 1. The zero-order chi connectivity index (χ0) is 21.9. The maximum Gasteiger partial charge on any atom is 0.174 e. The van der Waals surface area contributed by atoms with E-state index in [4.69, 9.17) is 21.7 Å². The fourth-order valence-electron chi connectivity index (χ4n) is 3.93. The molecular formula is C25H22N4O2S. The molecule has 5 rings (SSSR count). The molecule has 1 aliphatic heterocycles. The number of benzene rings is 2. The summed E-state index contributed by atoms with van der Waals surface area (Å²) >= 11 is 5.74. The van der Waals surface area contributed by atoms with E-state index in [1.807, 2.05) is 79.0 Å². The van der Waals surface area contributed by atoms with Gasteiger partial charge in [-0.3, -0.25) is 4.98 Å². The summed E-state index contributed by atoms with van der Waals surface area (Å²) in [6, 6.07) is 25.3. The Balaban J connectivity index is 1.42. The molecule has 1 fully saturated rings. The molecule has 0 unspecified atom stereocenters. The van der Waals surface area contributed by atoms with Crippen molar-refractivity contribution in [3.63, 3.8) is 0 Å². The molecule has 4 aromatic rings. The van der Waals surface area contributed by atoms with E-state index in [2.05, 4.69) is 26.3 Å². The molecule has 2 N–H and O–H groups in total. The van der Waals surface area contributed by atoms with Crippen molar-refractivity contribution in [3.8, 4) is 17.2 Å². The van der Waals surface area contributed by atoms with Crippen LogP contribution in [-0.4, -0.2) is 22.2 Å². The lowest BCUT2D eigenvalue weighted by molar-refractivity contribution is 0.413. The Hall–Kier alpha value is -3.84. The van der Waals surface area contributed by atoms with Gasteiger partial charge < -0.3 is 24.7 Å². The summed E-state index contributed by atoms with van der Waals surface area (Å²) in [5, 5.41) is 4.11. The largest absolute Gasteiger partial charge is 0.497 e. The van der Waals surface area contributed by atoms with E-state index in [1.54, 1.807) is 13.3 Å². The molecule has 0 spiro atoms. The Kier molecular flexibility index (Phi) is 5.47. The molecule has 0 aliphatic carbocycles. The summed E-state index contributed by atoms with van der Waals surface area (Å²) in [5.74, 6) is 2.28. The highest BCUT2D eigenvalue weighted by Crippen LogP contribution is 2.41. The summed E-state index contributed by atoms with van der Waals surface area (Å²) in [4.78, 5) is 10.0. The second-order valence-electron chi connectivity index (χ2n) is 7.39. The number of aromatic nitrogens is 2. The molecule has 0 amide bonds. The van der Waals surface area contributed by atoms with E-state index in [-0.39, 0.29) is 12.1 Å². The highest BCUT2D eigenvalue weighted by molar-refractivity contribution is 7.80. The molecule has 2 aromatic carbocycles. The normalized spacial score (nSPS) is 17.8. The molecule has 0 radical (unpaired) electrons. The SMILES string of the molecule is COc1ccc(Oc2ccc(N3C(=S)N[C@H](c4ccccn4)[C@@H]3c3ccc[nH]3)cc2)cc1. The minimum Gasteiger partial charge on any atom is -0.497 e. The van der Waals surface area contributed by atoms with Gasteiger partial charge in [0.25, 0.3) is 0 Å². The first-order valence-electron chi connectivity index (χ1n) is 10.3. The van der Waals surface area contributed by atoms with Crippen LogP contribution in [0.25, 0.3) is 0 Å². The number of nitrogens with zero attached hydrogens (tertiary/aromatic N) is 2. The summed E-state index contributed by atoms with van der Waals surface area (Å²) in [5.41, 5.74) is 2.98. The van der Waals surface area contributed by atoms with Crippen molar-refractivity contribution in [2.45, 2.75) is 12.1 Å². The van der Waals surface area contributed by atoms with Crippen LogP contribution in [0.5, 0.6) is 17.2 Å². The lowest BCUT2D eigenvalue weighted by Crippen LogP contribution is -2.29. The van der Waals surface area contributed by atoms with Gasteiger partial charge in [0.1, 0.15) is 23.3 Å². The number of anilines is 1. The first kappa shape index (κ1) is 20.1. The molecule has 1 aliphatic rings. The van der Waals surface area contributed by atoms with Crippen molar-refractivity contribution in [2.24, 2.45) is 0 Å². The summed E-state index contributed by atoms with van der Waals surface area (Å²) in [6.45, 7) is 0. The van der Waals surface area contributed by atoms with Gasteiger partial charge in [0.15, 0.2) is 5.11 Å². The van der Waals surface area contributed by atoms with Crippen LogP contribution in [0.1, 0.15) is 23.5 Å². The van der Waals surface area contributed by atoms with Crippen molar-refractivity contribution in [2.75, 3.05) is 12.0 Å². The lowest BCUT2D eigenvalue weighted by atomic mass is 10.0. The van der Waals surface area contributed by atoms with Crippen LogP contribution >= 0.6 is 12.2 Å². The second-order valence-corrected chi connectivity index (χ2v) is 7.78. The zero-order valence-corrected chi connectivity index (χ0v) is 18.3. The Labute approximate surface area is 191 Å². The van der Waals surface area contributed by atoms with Crippen LogP contribution in [0.15, 0.2) is 91.3 Å². The summed E-state index contributed by atoms with van der Waals surface area (Å²) < 4.78 is 11.2. The molecular weight excluding hydrogens is 420 g/mol. The Morgan fingerprint density at radius 3 is 2.22 bits per heavy atom. The molecule has 32 heavy (non-hydrogen) atoms. The fourth-order valence-corrected chi connectivity index (χ4v) is 4.28. The molecule has 2 atom stereocenters. The number of rotatable bonds is 6. The summed E-state index contributed by atoms with van der Waals surface area (Å²) in [7, 11) is 1.64. The maximum atomic E-state index is 5.97. The topological polar surface area (TPSA) is 62.4 Å². The Morgan fingerprint density at radius 1 is 0.875 bits per heavy atom. The van der Waals surface area contributed by atoms with E-state index < -0.39 is 0 Å². The van der Waals surface area contributed by atoms with Crippen LogP contribution < -0.4 is 19.7 Å². The smallest absolute Gasteiger partial charge is 0.174 e. The minimum atomic E-state index is -0.0717. The standard InChI is InChI=1S/C25H22N4O2S/c1-30-18-11-13-20(14-12-18)31-19-9-7-17(8-10-19)29-24(22-6-4-16-27-22)23(28-25(29)32)21-5-2-3-15-26-21/h2-16,23-24,27H,1H3,(H,28,32)/t23-,24+/m1/s1. The van der Waals surface area contributed by atoms with Gasteiger partial charge in [0.05, 0.1) is 18.8 Å². The molecule has 0 saturated carbocycles. The Morgan fingerprint density at radius 2 is 1.59 bits per heavy atom. The van der Waals surface area contributed by atoms with Gasteiger partial charge in [-0.15, -0.1) is 0 Å². The number of pyridine rings is 1. The number of ether oxygens (including phenoxy) is 2. The third kappa shape index (κ3) is 3.90. The maximum absolute atomic E-state index is 5.97. The quantitative estimate of drug-likeness (QED) is 0.391. The van der Waals surface area contributed by atoms with Crippen LogP contribution in [0.2, 0.25) is 0 Å². The third-order valence-electron chi connectivity index (χ3n) is 5.45. The van der Waals surface area contributed by atoms with E-state index in [1.165, 1.54) is 0 Å². The van der Waals surface area contributed by atoms with Gasteiger partial charge >= 0.3 is 0 Å². The predicted octanol–water partition coefficient (Wildman–Crippen LogP) is 5.39. The van der Waals surface area contributed by atoms with Crippen LogP contribution in [0, 0.1) is 0 Å². The molecule has 3 heterocycles. The first-order chi connectivity index (χ1) is 15.7. The number of methoxy groups -OCH3 is 1. The number of thiocarbonyl (C=S) groups is 1. The van der Waals surface area contributed by atoms with Gasteiger partial charge in [0.2, 0.25) is 0 Å². The van der Waals surface area contributed by atoms with Gasteiger partial charge in [-0.25, -0.2) is 0 Å². The van der Waals surface area contributed by atoms with Crippen LogP contribution in [-0.2, 0) is 0 Å². The Bertz CT molecular complexity index is 1180. The van der Waals surface area contributed by atoms with E-state index in [9.17, 15) is 0 Å². The predicted molar refractivity (Wildman–Crippen MR) is 128 cm³/mol. The number of H-pyrrole nitrogens is 1. The van der Waals surface area contributed by atoms with E-state index in [0.717, 1.165) is 34.3 Å². The lowest BCUT2D eigenvalue weighted by Gasteiger charge is -2.27. The van der Waals surface area contributed by atoms with Crippen molar-refractivity contribution >= 4 is 23.0 Å².